The Morgan fingerprint density at radius 3 is 2.58 bits per heavy atom. The number of aromatic nitrogens is 6. The third-order valence-corrected chi connectivity index (χ3v) is 6.00. The van der Waals surface area contributed by atoms with E-state index in [0.29, 0.717) is 17.9 Å². The average Bonchev–Trinajstić information content (AvgIpc) is 3.28. The summed E-state index contributed by atoms with van der Waals surface area (Å²) in [4.78, 5) is 35.5. The summed E-state index contributed by atoms with van der Waals surface area (Å²) < 4.78 is 2.04. The summed E-state index contributed by atoms with van der Waals surface area (Å²) in [5.74, 6) is 1.39. The number of amides is 1. The number of rotatable bonds is 5. The van der Waals surface area contributed by atoms with E-state index >= 15 is 0 Å². The summed E-state index contributed by atoms with van der Waals surface area (Å²) >= 11 is 0. The fraction of sp³-hybridized carbons (Fsp3) is 0.333. The summed E-state index contributed by atoms with van der Waals surface area (Å²) in [5.41, 5.74) is 4.75. The minimum atomic E-state index is -0.821. The molecule has 4 heterocycles. The standard InChI is InChI=1S/C24H26N8O/c1-6-32-21(16-10-25-14(4)26-11-16)30-20-19(27-12-28-22(20)32)15-7-8-18-17(9-15)24(5,23(33)29-18)31-13(2)3/h7-13,31H,6H2,1-5H3,(H,29,33)/t24-/m0/s1. The molecule has 1 aromatic carbocycles. The first-order valence-electron chi connectivity index (χ1n) is 11.1. The minimum Gasteiger partial charge on any atom is -0.324 e. The van der Waals surface area contributed by atoms with Gasteiger partial charge in [0.15, 0.2) is 5.65 Å². The molecule has 3 aromatic heterocycles. The van der Waals surface area contributed by atoms with Crippen LogP contribution in [0.1, 0.15) is 39.1 Å². The molecule has 2 N–H and O–H groups in total. The first-order valence-corrected chi connectivity index (χ1v) is 11.1. The van der Waals surface area contributed by atoms with Gasteiger partial charge in [0.2, 0.25) is 5.91 Å². The Hall–Kier alpha value is -3.72. The molecule has 0 saturated heterocycles. The fourth-order valence-corrected chi connectivity index (χ4v) is 4.48. The van der Waals surface area contributed by atoms with Crippen LogP contribution in [0, 0.1) is 6.92 Å². The molecule has 9 heteroatoms. The molecular weight excluding hydrogens is 416 g/mol. The van der Waals surface area contributed by atoms with Crippen molar-refractivity contribution in [3.63, 3.8) is 0 Å². The molecular formula is C24H26N8O. The van der Waals surface area contributed by atoms with Crippen LogP contribution in [0.5, 0.6) is 0 Å². The average molecular weight is 443 g/mol. The Kier molecular flexibility index (Phi) is 4.93. The first-order chi connectivity index (χ1) is 15.8. The van der Waals surface area contributed by atoms with Crippen LogP contribution < -0.4 is 10.6 Å². The Bertz CT molecular complexity index is 1380. The van der Waals surface area contributed by atoms with Crippen LogP contribution in [0.15, 0.2) is 36.9 Å². The highest BCUT2D eigenvalue weighted by atomic mass is 16.2. The molecule has 168 valence electrons. The van der Waals surface area contributed by atoms with Gasteiger partial charge in [-0.05, 0) is 46.8 Å². The smallest absolute Gasteiger partial charge is 0.249 e. The number of nitrogens with zero attached hydrogens (tertiary/aromatic N) is 6. The van der Waals surface area contributed by atoms with Gasteiger partial charge in [0.1, 0.15) is 34.7 Å². The molecule has 0 spiro atoms. The van der Waals surface area contributed by atoms with Gasteiger partial charge in [-0.1, -0.05) is 6.07 Å². The second kappa shape index (κ2) is 7.70. The van der Waals surface area contributed by atoms with Gasteiger partial charge in [0.05, 0.1) is 5.56 Å². The molecule has 33 heavy (non-hydrogen) atoms. The molecule has 0 fully saturated rings. The van der Waals surface area contributed by atoms with Crippen molar-refractivity contribution in [3.05, 3.63) is 48.3 Å². The van der Waals surface area contributed by atoms with E-state index in [9.17, 15) is 4.79 Å². The van der Waals surface area contributed by atoms with Gasteiger partial charge in [-0.25, -0.2) is 24.9 Å². The van der Waals surface area contributed by atoms with Gasteiger partial charge < -0.3 is 9.88 Å². The predicted molar refractivity (Wildman–Crippen MR) is 126 cm³/mol. The third-order valence-electron chi connectivity index (χ3n) is 6.00. The van der Waals surface area contributed by atoms with E-state index < -0.39 is 5.54 Å². The zero-order valence-electron chi connectivity index (χ0n) is 19.3. The van der Waals surface area contributed by atoms with Crippen LogP contribution in [-0.2, 0) is 16.9 Å². The van der Waals surface area contributed by atoms with E-state index in [2.05, 4.69) is 37.5 Å². The summed E-state index contributed by atoms with van der Waals surface area (Å²) in [6.07, 6.45) is 5.11. The van der Waals surface area contributed by atoms with Gasteiger partial charge in [-0.3, -0.25) is 10.1 Å². The first kappa shape index (κ1) is 21.1. The van der Waals surface area contributed by atoms with Crippen LogP contribution in [0.3, 0.4) is 0 Å². The molecule has 9 nitrogen and oxygen atoms in total. The fourth-order valence-electron chi connectivity index (χ4n) is 4.48. The number of benzene rings is 1. The number of hydrogen-bond acceptors (Lipinski definition) is 7. The number of anilines is 1. The Balaban J connectivity index is 1.68. The Labute approximate surface area is 191 Å². The zero-order chi connectivity index (χ0) is 23.3. The minimum absolute atomic E-state index is 0.0619. The molecule has 0 saturated carbocycles. The Morgan fingerprint density at radius 1 is 1.12 bits per heavy atom. The summed E-state index contributed by atoms with van der Waals surface area (Å²) in [7, 11) is 0. The zero-order valence-corrected chi connectivity index (χ0v) is 19.3. The number of nitrogens with one attached hydrogen (secondary N) is 2. The predicted octanol–water partition coefficient (Wildman–Crippen LogP) is 3.44. The molecule has 1 amide bonds. The van der Waals surface area contributed by atoms with E-state index in [1.807, 2.05) is 50.5 Å². The van der Waals surface area contributed by atoms with Gasteiger partial charge in [-0.2, -0.15) is 0 Å². The maximum Gasteiger partial charge on any atom is 0.249 e. The van der Waals surface area contributed by atoms with E-state index in [1.165, 1.54) is 0 Å². The van der Waals surface area contributed by atoms with Gasteiger partial charge in [0.25, 0.3) is 0 Å². The van der Waals surface area contributed by atoms with Crippen LogP contribution in [0.4, 0.5) is 5.69 Å². The number of carbonyl (C=O) groups is 1. The molecule has 0 aliphatic carbocycles. The monoisotopic (exact) mass is 442 g/mol. The number of imidazole rings is 1. The molecule has 5 rings (SSSR count). The van der Waals surface area contributed by atoms with Crippen LogP contribution in [0.25, 0.3) is 33.8 Å². The number of carbonyl (C=O) groups excluding carboxylic acids is 1. The van der Waals surface area contributed by atoms with Crippen molar-refractivity contribution >= 4 is 22.8 Å². The normalized spacial score (nSPS) is 17.6. The highest BCUT2D eigenvalue weighted by molar-refractivity contribution is 6.06. The number of fused-ring (bicyclic) bond motifs is 2. The highest BCUT2D eigenvalue weighted by Gasteiger charge is 2.43. The van der Waals surface area contributed by atoms with E-state index in [1.54, 1.807) is 18.7 Å². The molecule has 1 aliphatic heterocycles. The van der Waals surface area contributed by atoms with Crippen LogP contribution >= 0.6 is 0 Å². The van der Waals surface area contributed by atoms with E-state index in [0.717, 1.165) is 39.5 Å². The quantitative estimate of drug-likeness (QED) is 0.487. The van der Waals surface area contributed by atoms with Gasteiger partial charge >= 0.3 is 0 Å². The SMILES string of the molecule is CCn1c(-c2cnc(C)nc2)nc2c(-c3ccc4c(c3)[C@](C)(NC(C)C)C(=O)N4)ncnc21. The van der Waals surface area contributed by atoms with Crippen molar-refractivity contribution < 1.29 is 4.79 Å². The van der Waals surface area contributed by atoms with Crippen molar-refractivity contribution in [2.45, 2.75) is 52.7 Å². The van der Waals surface area contributed by atoms with E-state index in [-0.39, 0.29) is 11.9 Å². The van der Waals surface area contributed by atoms with Crippen molar-refractivity contribution in [2.24, 2.45) is 0 Å². The third kappa shape index (κ3) is 3.36. The van der Waals surface area contributed by atoms with Crippen molar-refractivity contribution in [2.75, 3.05) is 5.32 Å². The summed E-state index contributed by atoms with van der Waals surface area (Å²) in [6.45, 7) is 10.6. The van der Waals surface area contributed by atoms with Crippen molar-refractivity contribution in [1.29, 1.82) is 0 Å². The van der Waals surface area contributed by atoms with Crippen LogP contribution in [0.2, 0.25) is 0 Å². The second-order valence-electron chi connectivity index (χ2n) is 8.73. The molecule has 0 radical (unpaired) electrons. The van der Waals surface area contributed by atoms with Crippen molar-refractivity contribution in [3.8, 4) is 22.6 Å². The number of hydrogen-bond donors (Lipinski definition) is 2. The maximum atomic E-state index is 12.8. The van der Waals surface area contributed by atoms with Crippen LogP contribution in [-0.4, -0.2) is 41.4 Å². The topological polar surface area (TPSA) is 111 Å². The lowest BCUT2D eigenvalue weighted by Gasteiger charge is -2.26. The Morgan fingerprint density at radius 2 is 1.88 bits per heavy atom. The summed E-state index contributed by atoms with van der Waals surface area (Å²) in [6, 6.07) is 6.04. The molecule has 0 unspecified atom stereocenters. The largest absolute Gasteiger partial charge is 0.324 e. The summed E-state index contributed by atoms with van der Waals surface area (Å²) in [5, 5.41) is 6.40. The lowest BCUT2D eigenvalue weighted by atomic mass is 9.91. The van der Waals surface area contributed by atoms with Gasteiger partial charge in [-0.15, -0.1) is 0 Å². The molecule has 1 atom stereocenters. The molecule has 0 bridgehead atoms. The van der Waals surface area contributed by atoms with Crippen molar-refractivity contribution in [1.82, 2.24) is 34.8 Å². The van der Waals surface area contributed by atoms with Gasteiger partial charge in [0, 0.05) is 41.8 Å². The lowest BCUT2D eigenvalue weighted by molar-refractivity contribution is -0.121. The molecule has 4 aromatic rings. The second-order valence-corrected chi connectivity index (χ2v) is 8.73. The maximum absolute atomic E-state index is 12.8. The molecule has 1 aliphatic rings. The van der Waals surface area contributed by atoms with E-state index in [4.69, 9.17) is 4.98 Å². The highest BCUT2D eigenvalue weighted by Crippen LogP contribution is 2.39. The lowest BCUT2D eigenvalue weighted by Crippen LogP contribution is -2.48. The number of aryl methyl sites for hydroxylation is 2.